The Morgan fingerprint density at radius 3 is 2.56 bits per heavy atom. The van der Waals surface area contributed by atoms with Gasteiger partial charge in [0, 0.05) is 36.2 Å². The second-order valence-corrected chi connectivity index (χ2v) is 7.12. The Balaban J connectivity index is 1.52. The smallest absolute Gasteiger partial charge is 0.288 e. The number of ether oxygens (including phenoxy) is 2. The van der Waals surface area contributed by atoms with Crippen LogP contribution < -0.4 is 14.8 Å². The summed E-state index contributed by atoms with van der Waals surface area (Å²) in [7, 11) is 0. The average Bonchev–Trinajstić information content (AvgIpc) is 2.98. The lowest BCUT2D eigenvalue weighted by Crippen LogP contribution is -2.40. The van der Waals surface area contributed by atoms with Crippen LogP contribution in [0.15, 0.2) is 36.4 Å². The minimum atomic E-state index is -0.622. The second-order valence-electron chi connectivity index (χ2n) is 6.71. The van der Waals surface area contributed by atoms with Crippen LogP contribution in [0.2, 0.25) is 5.02 Å². The molecule has 8 heteroatoms. The van der Waals surface area contributed by atoms with E-state index in [4.69, 9.17) is 21.1 Å². The zero-order chi connectivity index (χ0) is 19.0. The summed E-state index contributed by atoms with van der Waals surface area (Å²) in [6.45, 7) is 0. The number of hydrogen-bond acceptors (Lipinski definition) is 5. The third kappa shape index (κ3) is 3.42. The molecule has 1 heterocycles. The van der Waals surface area contributed by atoms with E-state index >= 15 is 0 Å². The molecular formula is C19H17ClN2O5. The molecule has 1 amide bonds. The van der Waals surface area contributed by atoms with Crippen molar-refractivity contribution in [1.29, 1.82) is 0 Å². The molecule has 27 heavy (non-hydrogen) atoms. The number of hydrogen-bond donors (Lipinski definition) is 1. The van der Waals surface area contributed by atoms with Crippen LogP contribution in [0.1, 0.15) is 42.5 Å². The first-order valence-electron chi connectivity index (χ1n) is 8.73. The number of carbonyl (C=O) groups excluding carboxylic acids is 1. The number of carbonyl (C=O) groups is 1. The molecule has 1 N–H and O–H groups in total. The Morgan fingerprint density at radius 1 is 1.07 bits per heavy atom. The van der Waals surface area contributed by atoms with E-state index in [1.807, 2.05) is 0 Å². The lowest BCUT2D eigenvalue weighted by atomic mass is 9.94. The van der Waals surface area contributed by atoms with Crippen LogP contribution in [0.4, 0.5) is 11.4 Å². The maximum absolute atomic E-state index is 12.4. The molecule has 1 aliphatic carbocycles. The molecule has 1 fully saturated rings. The first kappa shape index (κ1) is 17.6. The molecular weight excluding hydrogens is 372 g/mol. The number of fused-ring (bicyclic) bond motifs is 1. The molecule has 0 saturated heterocycles. The third-order valence-corrected chi connectivity index (χ3v) is 5.13. The Morgan fingerprint density at radius 2 is 1.81 bits per heavy atom. The summed E-state index contributed by atoms with van der Waals surface area (Å²) in [6, 6.07) is 9.11. The summed E-state index contributed by atoms with van der Waals surface area (Å²) in [4.78, 5) is 22.8. The second kappa shape index (κ2) is 6.74. The van der Waals surface area contributed by atoms with Crippen molar-refractivity contribution in [2.75, 3.05) is 5.32 Å². The number of rotatable bonds is 3. The van der Waals surface area contributed by atoms with E-state index in [1.165, 1.54) is 18.6 Å². The predicted octanol–water partition coefficient (Wildman–Crippen LogP) is 4.93. The van der Waals surface area contributed by atoms with Crippen molar-refractivity contribution >= 4 is 28.9 Å². The molecule has 0 aromatic heterocycles. The number of benzene rings is 2. The minimum Gasteiger partial charge on any atom is -0.448 e. The average molecular weight is 389 g/mol. The molecule has 0 bridgehead atoms. The van der Waals surface area contributed by atoms with Crippen molar-refractivity contribution in [3.8, 4) is 11.5 Å². The summed E-state index contributed by atoms with van der Waals surface area (Å²) in [5, 5.41) is 13.7. The number of nitrogens with zero attached hydrogens (tertiary/aromatic N) is 1. The lowest BCUT2D eigenvalue weighted by Gasteiger charge is -2.31. The highest BCUT2D eigenvalue weighted by Crippen LogP contribution is 2.46. The van der Waals surface area contributed by atoms with Crippen molar-refractivity contribution in [2.24, 2.45) is 0 Å². The molecule has 1 aliphatic heterocycles. The number of nitro groups is 1. The molecule has 0 atom stereocenters. The van der Waals surface area contributed by atoms with Crippen LogP contribution >= 0.6 is 11.6 Å². The van der Waals surface area contributed by atoms with E-state index in [0.29, 0.717) is 17.2 Å². The number of nitro benzene ring substituents is 1. The highest BCUT2D eigenvalue weighted by Gasteiger charge is 2.42. The molecule has 7 nitrogen and oxygen atoms in total. The minimum absolute atomic E-state index is 0.0163. The van der Waals surface area contributed by atoms with Gasteiger partial charge in [-0.2, -0.15) is 0 Å². The van der Waals surface area contributed by atoms with Crippen molar-refractivity contribution in [3.05, 3.63) is 57.1 Å². The van der Waals surface area contributed by atoms with Crippen molar-refractivity contribution < 1.29 is 19.2 Å². The van der Waals surface area contributed by atoms with Crippen LogP contribution in [0.25, 0.3) is 0 Å². The predicted molar refractivity (Wildman–Crippen MR) is 99.6 cm³/mol. The van der Waals surface area contributed by atoms with Crippen molar-refractivity contribution in [2.45, 2.75) is 37.9 Å². The van der Waals surface area contributed by atoms with Gasteiger partial charge in [0.05, 0.1) is 4.92 Å². The van der Waals surface area contributed by atoms with Gasteiger partial charge in [-0.05, 0) is 37.1 Å². The Kier molecular flexibility index (Phi) is 4.39. The Bertz CT molecular complexity index is 924. The molecule has 1 saturated carbocycles. The zero-order valence-corrected chi connectivity index (χ0v) is 15.1. The summed E-state index contributed by atoms with van der Waals surface area (Å²) in [6.07, 6.45) is 4.99. The Labute approximate surface area is 160 Å². The molecule has 2 aliphatic rings. The van der Waals surface area contributed by atoms with Crippen LogP contribution in [0.3, 0.4) is 0 Å². The first-order valence-corrected chi connectivity index (χ1v) is 9.11. The monoisotopic (exact) mass is 388 g/mol. The van der Waals surface area contributed by atoms with Crippen molar-refractivity contribution in [1.82, 2.24) is 0 Å². The number of amides is 1. The zero-order valence-electron chi connectivity index (χ0n) is 14.4. The van der Waals surface area contributed by atoms with Gasteiger partial charge in [-0.3, -0.25) is 14.9 Å². The normalized spacial score (nSPS) is 16.9. The van der Waals surface area contributed by atoms with Gasteiger partial charge in [-0.1, -0.05) is 18.0 Å². The van der Waals surface area contributed by atoms with Gasteiger partial charge in [0.25, 0.3) is 17.4 Å². The highest BCUT2D eigenvalue weighted by molar-refractivity contribution is 6.32. The van der Waals surface area contributed by atoms with E-state index < -0.39 is 16.6 Å². The van der Waals surface area contributed by atoms with E-state index in [-0.39, 0.29) is 16.3 Å². The van der Waals surface area contributed by atoms with E-state index in [1.54, 1.807) is 18.2 Å². The van der Waals surface area contributed by atoms with Crippen molar-refractivity contribution in [3.63, 3.8) is 0 Å². The van der Waals surface area contributed by atoms with Gasteiger partial charge in [-0.15, -0.1) is 0 Å². The molecule has 1 spiro atoms. The van der Waals surface area contributed by atoms with Gasteiger partial charge >= 0.3 is 0 Å². The fourth-order valence-electron chi connectivity index (χ4n) is 3.46. The van der Waals surface area contributed by atoms with Gasteiger partial charge in [0.2, 0.25) is 0 Å². The molecule has 2 aromatic carbocycles. The van der Waals surface area contributed by atoms with Gasteiger partial charge in [0.1, 0.15) is 5.02 Å². The third-order valence-electron chi connectivity index (χ3n) is 4.81. The number of anilines is 1. The molecule has 2 aromatic rings. The molecule has 4 rings (SSSR count). The largest absolute Gasteiger partial charge is 0.448 e. The molecule has 0 radical (unpaired) electrons. The lowest BCUT2D eigenvalue weighted by molar-refractivity contribution is -0.384. The SMILES string of the molecule is O=C(Nc1ccc2c(c1)OC1(CCCCC1)O2)c1ccc(Cl)c([N+](=O)[O-])c1. The van der Waals surface area contributed by atoms with E-state index in [2.05, 4.69) is 5.32 Å². The topological polar surface area (TPSA) is 90.7 Å². The Hall–Kier alpha value is -2.80. The van der Waals surface area contributed by atoms with Crippen LogP contribution in [-0.4, -0.2) is 16.6 Å². The van der Waals surface area contributed by atoms with Crippen LogP contribution in [-0.2, 0) is 0 Å². The first-order chi connectivity index (χ1) is 13.0. The number of halogens is 1. The van der Waals surface area contributed by atoms with Crippen LogP contribution in [0, 0.1) is 10.1 Å². The fourth-order valence-corrected chi connectivity index (χ4v) is 3.65. The summed E-state index contributed by atoms with van der Waals surface area (Å²) in [5.74, 6) is 0.204. The van der Waals surface area contributed by atoms with Gasteiger partial charge in [0.15, 0.2) is 11.5 Å². The summed E-state index contributed by atoms with van der Waals surface area (Å²) < 4.78 is 12.1. The van der Waals surface area contributed by atoms with Crippen LogP contribution in [0.5, 0.6) is 11.5 Å². The summed E-state index contributed by atoms with van der Waals surface area (Å²) in [5.41, 5.74) is 0.356. The number of nitrogens with one attached hydrogen (secondary N) is 1. The molecule has 0 unspecified atom stereocenters. The highest BCUT2D eigenvalue weighted by atomic mass is 35.5. The quantitative estimate of drug-likeness (QED) is 0.594. The van der Waals surface area contributed by atoms with Gasteiger partial charge < -0.3 is 14.8 Å². The molecule has 140 valence electrons. The van der Waals surface area contributed by atoms with E-state index in [0.717, 1.165) is 31.7 Å². The van der Waals surface area contributed by atoms with Gasteiger partial charge in [-0.25, -0.2) is 0 Å². The summed E-state index contributed by atoms with van der Waals surface area (Å²) >= 11 is 5.79. The maximum Gasteiger partial charge on any atom is 0.288 e. The fraction of sp³-hybridized carbons (Fsp3) is 0.316. The maximum atomic E-state index is 12.4. The van der Waals surface area contributed by atoms with E-state index in [9.17, 15) is 14.9 Å². The standard InChI is InChI=1S/C19H17ClN2O5/c20-14-6-4-12(10-15(14)22(24)25)18(23)21-13-5-7-16-17(11-13)27-19(26-16)8-2-1-3-9-19/h4-7,10-11H,1-3,8-9H2,(H,21,23).